The van der Waals surface area contributed by atoms with Crippen LogP contribution in [0.15, 0.2) is 40.8 Å². The van der Waals surface area contributed by atoms with Crippen LogP contribution in [0, 0.1) is 0 Å². The second kappa shape index (κ2) is 7.08. The fraction of sp³-hybridized carbons (Fsp3) is 0.190. The number of hydrogen-bond acceptors (Lipinski definition) is 7. The molecule has 0 unspecified atom stereocenters. The molecule has 2 aromatic heterocycles. The maximum absolute atomic E-state index is 13.0. The van der Waals surface area contributed by atoms with Crippen LogP contribution in [0.2, 0.25) is 0 Å². The molecule has 0 saturated carbocycles. The number of imide groups is 1. The van der Waals surface area contributed by atoms with Crippen LogP contribution in [-0.2, 0) is 21.7 Å². The molecular formula is C21H17N5O6. The number of rotatable bonds is 6. The summed E-state index contributed by atoms with van der Waals surface area (Å²) >= 11 is 0. The van der Waals surface area contributed by atoms with Gasteiger partial charge in [0.15, 0.2) is 11.1 Å². The summed E-state index contributed by atoms with van der Waals surface area (Å²) in [4.78, 5) is 54.5. The van der Waals surface area contributed by atoms with E-state index in [0.717, 1.165) is 5.56 Å². The normalized spacial score (nSPS) is 19.7. The number of aromatic nitrogens is 1. The van der Waals surface area contributed by atoms with E-state index in [1.165, 1.54) is 24.1 Å². The largest absolute Gasteiger partial charge is 0.497 e. The minimum absolute atomic E-state index is 0.118. The van der Waals surface area contributed by atoms with Crippen LogP contribution >= 0.6 is 0 Å². The Kier molecular flexibility index (Phi) is 4.33. The highest BCUT2D eigenvalue weighted by atomic mass is 16.5. The molecule has 1 atom stereocenters. The molecule has 32 heavy (non-hydrogen) atoms. The van der Waals surface area contributed by atoms with Crippen LogP contribution < -0.4 is 20.7 Å². The minimum atomic E-state index is -1.64. The molecule has 0 spiro atoms. The Labute approximate surface area is 180 Å². The van der Waals surface area contributed by atoms with Crippen molar-refractivity contribution in [1.29, 1.82) is 0 Å². The monoisotopic (exact) mass is 435 g/mol. The minimum Gasteiger partial charge on any atom is -0.497 e. The van der Waals surface area contributed by atoms with E-state index >= 15 is 0 Å². The van der Waals surface area contributed by atoms with E-state index in [-0.39, 0.29) is 24.8 Å². The molecule has 4 heterocycles. The fourth-order valence-corrected chi connectivity index (χ4v) is 4.01. The van der Waals surface area contributed by atoms with Gasteiger partial charge < -0.3 is 24.7 Å². The molecule has 3 N–H and O–H groups in total. The molecule has 5 amide bonds. The van der Waals surface area contributed by atoms with Crippen molar-refractivity contribution in [3.63, 3.8) is 0 Å². The van der Waals surface area contributed by atoms with Gasteiger partial charge in [-0.25, -0.2) is 9.78 Å². The van der Waals surface area contributed by atoms with Crippen molar-refractivity contribution in [2.75, 3.05) is 19.0 Å². The summed E-state index contributed by atoms with van der Waals surface area (Å²) in [5.41, 5.74) is 0.343. The quantitative estimate of drug-likeness (QED) is 0.389. The number of furan rings is 1. The predicted octanol–water partition coefficient (Wildman–Crippen LogP) is 1.10. The first-order chi connectivity index (χ1) is 15.4. The number of pyridine rings is 1. The molecule has 5 rings (SSSR count). The summed E-state index contributed by atoms with van der Waals surface area (Å²) < 4.78 is 11.1. The second-order valence-corrected chi connectivity index (χ2v) is 7.45. The maximum atomic E-state index is 13.0. The number of nitrogens with zero attached hydrogens (tertiary/aromatic N) is 2. The Morgan fingerprint density at radius 2 is 2.09 bits per heavy atom. The molecule has 1 aromatic carbocycles. The number of nitrogens with one attached hydrogen (secondary N) is 3. The lowest BCUT2D eigenvalue weighted by molar-refractivity contribution is -0.125. The molecular weight excluding hydrogens is 418 g/mol. The average Bonchev–Trinajstić information content (AvgIpc) is 3.42. The third-order valence-electron chi connectivity index (χ3n) is 5.57. The number of hydrogen-bond donors (Lipinski definition) is 3. The predicted molar refractivity (Wildman–Crippen MR) is 110 cm³/mol. The molecule has 11 heteroatoms. The van der Waals surface area contributed by atoms with E-state index in [9.17, 15) is 19.2 Å². The van der Waals surface area contributed by atoms with Gasteiger partial charge in [-0.05, 0) is 29.8 Å². The standard InChI is InChI=1S/C21H17N5O6/c1-31-12-3-2-11-8-26(18(28)13(11)6-12)9-21(19(29)24-20(30)25-21)16-7-14-15(32-16)4-5-17(23-14)22-10-27/h2-7,10H,8-9H2,1H3,(H,22,23,27)(H2,24,25,29,30)/t21-/m0/s1. The van der Waals surface area contributed by atoms with Crippen LogP contribution in [0.3, 0.4) is 0 Å². The summed E-state index contributed by atoms with van der Waals surface area (Å²) in [7, 11) is 1.51. The van der Waals surface area contributed by atoms with Gasteiger partial charge in [0.25, 0.3) is 11.8 Å². The van der Waals surface area contributed by atoms with Crippen LogP contribution in [0.1, 0.15) is 21.7 Å². The number of carbonyl (C=O) groups is 4. The van der Waals surface area contributed by atoms with Crippen molar-refractivity contribution in [3.05, 3.63) is 53.3 Å². The first-order valence-electron chi connectivity index (χ1n) is 9.64. The highest BCUT2D eigenvalue weighted by Crippen LogP contribution is 2.34. The van der Waals surface area contributed by atoms with Crippen LogP contribution in [0.4, 0.5) is 10.6 Å². The molecule has 0 radical (unpaired) electrons. The molecule has 2 aliphatic heterocycles. The van der Waals surface area contributed by atoms with E-state index in [0.29, 0.717) is 34.6 Å². The Hall–Kier alpha value is -4.41. The number of methoxy groups -OCH3 is 1. The third-order valence-corrected chi connectivity index (χ3v) is 5.57. The van der Waals surface area contributed by atoms with Crippen molar-refractivity contribution < 1.29 is 28.3 Å². The summed E-state index contributed by atoms with van der Waals surface area (Å²) in [5, 5.41) is 7.29. The van der Waals surface area contributed by atoms with E-state index in [4.69, 9.17) is 9.15 Å². The van der Waals surface area contributed by atoms with E-state index in [1.54, 1.807) is 24.3 Å². The lowest BCUT2D eigenvalue weighted by atomic mass is 9.95. The molecule has 1 saturated heterocycles. The van der Waals surface area contributed by atoms with E-state index < -0.39 is 17.5 Å². The first kappa shape index (κ1) is 19.5. The van der Waals surface area contributed by atoms with Crippen LogP contribution in [-0.4, -0.2) is 47.8 Å². The lowest BCUT2D eigenvalue weighted by Crippen LogP contribution is -2.52. The molecule has 162 valence electrons. The van der Waals surface area contributed by atoms with Crippen LogP contribution in [0.25, 0.3) is 11.1 Å². The van der Waals surface area contributed by atoms with Crippen LogP contribution in [0.5, 0.6) is 5.75 Å². The zero-order chi connectivity index (χ0) is 22.5. The number of amides is 5. The van der Waals surface area contributed by atoms with Crippen molar-refractivity contribution >= 4 is 41.2 Å². The van der Waals surface area contributed by atoms with Gasteiger partial charge in [0.05, 0.1) is 13.7 Å². The summed E-state index contributed by atoms with van der Waals surface area (Å²) in [6.45, 7) is 0.106. The molecule has 1 fully saturated rings. The lowest BCUT2D eigenvalue weighted by Gasteiger charge is -2.28. The number of urea groups is 1. The number of ether oxygens (including phenoxy) is 1. The van der Waals surface area contributed by atoms with Crippen molar-refractivity contribution in [2.45, 2.75) is 12.1 Å². The summed E-state index contributed by atoms with van der Waals surface area (Å²) in [6.07, 6.45) is 0.493. The highest BCUT2D eigenvalue weighted by Gasteiger charge is 2.53. The number of benzene rings is 1. The Morgan fingerprint density at radius 1 is 1.25 bits per heavy atom. The molecule has 0 aliphatic carbocycles. The van der Waals surface area contributed by atoms with Crippen molar-refractivity contribution in [2.24, 2.45) is 0 Å². The van der Waals surface area contributed by atoms with E-state index in [2.05, 4.69) is 20.9 Å². The SMILES string of the molecule is COc1ccc2c(c1)C(=O)N(C[C@@]1(c3cc4nc(NC=O)ccc4o3)NC(=O)NC1=O)C2. The molecule has 11 nitrogen and oxygen atoms in total. The van der Waals surface area contributed by atoms with Gasteiger partial charge in [-0.2, -0.15) is 0 Å². The number of carbonyl (C=O) groups excluding carboxylic acids is 4. The fourth-order valence-electron chi connectivity index (χ4n) is 4.01. The van der Waals surface area contributed by atoms with Gasteiger partial charge >= 0.3 is 6.03 Å². The summed E-state index contributed by atoms with van der Waals surface area (Å²) in [6, 6.07) is 9.13. The Bertz CT molecular complexity index is 1300. The second-order valence-electron chi connectivity index (χ2n) is 7.45. The van der Waals surface area contributed by atoms with Gasteiger partial charge in [0.1, 0.15) is 22.8 Å². The first-order valence-corrected chi connectivity index (χ1v) is 9.64. The van der Waals surface area contributed by atoms with Gasteiger partial charge in [-0.1, -0.05) is 6.07 Å². The zero-order valence-electron chi connectivity index (χ0n) is 16.8. The van der Waals surface area contributed by atoms with Gasteiger partial charge in [0, 0.05) is 18.2 Å². The topological polar surface area (TPSA) is 143 Å². The van der Waals surface area contributed by atoms with Gasteiger partial charge in [-0.15, -0.1) is 0 Å². The van der Waals surface area contributed by atoms with Gasteiger partial charge in [-0.3, -0.25) is 19.7 Å². The zero-order valence-corrected chi connectivity index (χ0v) is 16.8. The highest BCUT2D eigenvalue weighted by molar-refractivity contribution is 6.08. The van der Waals surface area contributed by atoms with Crippen molar-refractivity contribution in [1.82, 2.24) is 20.5 Å². The number of anilines is 1. The molecule has 2 aliphatic rings. The smallest absolute Gasteiger partial charge is 0.322 e. The van der Waals surface area contributed by atoms with Crippen molar-refractivity contribution in [3.8, 4) is 5.75 Å². The van der Waals surface area contributed by atoms with Gasteiger partial charge in [0.2, 0.25) is 6.41 Å². The molecule has 3 aromatic rings. The third kappa shape index (κ3) is 2.94. The summed E-state index contributed by atoms with van der Waals surface area (Å²) in [5.74, 6) is 0.0256. The van der Waals surface area contributed by atoms with E-state index in [1.807, 2.05) is 0 Å². The Balaban J connectivity index is 1.53. The average molecular weight is 435 g/mol. The maximum Gasteiger partial charge on any atom is 0.322 e. The molecule has 0 bridgehead atoms. The number of fused-ring (bicyclic) bond motifs is 2. The Morgan fingerprint density at radius 3 is 2.81 bits per heavy atom.